The molecule has 1 aromatic heterocycles. The van der Waals surface area contributed by atoms with E-state index in [9.17, 15) is 4.79 Å². The van der Waals surface area contributed by atoms with Crippen LogP contribution in [0.15, 0.2) is 5.38 Å². The molecule has 1 amide bonds. The molecule has 0 saturated carbocycles. The highest BCUT2D eigenvalue weighted by molar-refractivity contribution is 7.09. The summed E-state index contributed by atoms with van der Waals surface area (Å²) >= 11 is 1.56. The molecule has 0 N–H and O–H groups in total. The van der Waals surface area contributed by atoms with E-state index >= 15 is 0 Å². The summed E-state index contributed by atoms with van der Waals surface area (Å²) in [6.07, 6.45) is -0.0698. The van der Waals surface area contributed by atoms with E-state index in [0.717, 1.165) is 10.7 Å². The largest absolute Gasteiger partial charge is 0.339 e. The van der Waals surface area contributed by atoms with E-state index in [-0.39, 0.29) is 12.3 Å². The molecule has 74 valence electrons. The number of aromatic nitrogens is 1. The Morgan fingerprint density at radius 2 is 2.50 bits per heavy atom. The molecule has 0 atom stereocenters. The first-order valence-corrected chi connectivity index (χ1v) is 5.03. The van der Waals surface area contributed by atoms with Crippen LogP contribution in [-0.2, 0) is 11.3 Å². The fourth-order valence-electron chi connectivity index (χ4n) is 1.01. The van der Waals surface area contributed by atoms with Crippen molar-refractivity contribution in [2.45, 2.75) is 19.9 Å². The second kappa shape index (κ2) is 4.72. The third-order valence-electron chi connectivity index (χ3n) is 1.72. The van der Waals surface area contributed by atoms with Crippen molar-refractivity contribution in [1.82, 2.24) is 9.88 Å². The van der Waals surface area contributed by atoms with E-state index in [4.69, 9.17) is 5.26 Å². The van der Waals surface area contributed by atoms with Gasteiger partial charge in [-0.15, -0.1) is 11.3 Å². The molecular weight excluding hydrogens is 198 g/mol. The number of nitrogens with zero attached hydrogens (tertiary/aromatic N) is 3. The maximum Gasteiger partial charge on any atom is 0.236 e. The molecule has 0 unspecified atom stereocenters. The zero-order valence-corrected chi connectivity index (χ0v) is 8.97. The molecule has 0 aliphatic carbocycles. The van der Waals surface area contributed by atoms with Crippen LogP contribution in [0.2, 0.25) is 0 Å². The number of aryl methyl sites for hydroxylation is 1. The second-order valence-corrected chi connectivity index (χ2v) is 4.00. The molecule has 1 aromatic rings. The van der Waals surface area contributed by atoms with Gasteiger partial charge in [0.1, 0.15) is 6.42 Å². The van der Waals surface area contributed by atoms with Gasteiger partial charge in [0.15, 0.2) is 0 Å². The zero-order valence-electron chi connectivity index (χ0n) is 8.15. The van der Waals surface area contributed by atoms with Crippen molar-refractivity contribution in [2.75, 3.05) is 7.05 Å². The Bertz CT molecular complexity index is 366. The molecule has 5 heteroatoms. The van der Waals surface area contributed by atoms with E-state index < -0.39 is 0 Å². The first-order chi connectivity index (χ1) is 6.63. The van der Waals surface area contributed by atoms with Crippen LogP contribution in [0.3, 0.4) is 0 Å². The highest BCUT2D eigenvalue weighted by atomic mass is 32.1. The van der Waals surface area contributed by atoms with Gasteiger partial charge in [0.25, 0.3) is 0 Å². The summed E-state index contributed by atoms with van der Waals surface area (Å²) in [5, 5.41) is 11.3. The van der Waals surface area contributed by atoms with Crippen molar-refractivity contribution >= 4 is 17.2 Å². The number of thiazole rings is 1. The highest BCUT2D eigenvalue weighted by Gasteiger charge is 2.09. The van der Waals surface area contributed by atoms with Crippen LogP contribution in [-0.4, -0.2) is 22.8 Å². The van der Waals surface area contributed by atoms with Gasteiger partial charge in [-0.1, -0.05) is 0 Å². The van der Waals surface area contributed by atoms with Crippen molar-refractivity contribution in [1.29, 1.82) is 5.26 Å². The normalized spacial score (nSPS) is 9.50. The molecule has 1 heterocycles. The molecule has 0 radical (unpaired) electrons. The van der Waals surface area contributed by atoms with Gasteiger partial charge in [-0.25, -0.2) is 4.98 Å². The summed E-state index contributed by atoms with van der Waals surface area (Å²) < 4.78 is 0. The Hall–Kier alpha value is -1.41. The first-order valence-electron chi connectivity index (χ1n) is 4.15. The van der Waals surface area contributed by atoms with Gasteiger partial charge in [0.05, 0.1) is 23.3 Å². The molecule has 0 aliphatic rings. The third kappa shape index (κ3) is 2.82. The molecule has 0 spiro atoms. The van der Waals surface area contributed by atoms with Crippen LogP contribution in [0.1, 0.15) is 17.1 Å². The molecule has 0 aliphatic heterocycles. The van der Waals surface area contributed by atoms with E-state index in [0.29, 0.717) is 6.54 Å². The molecule has 0 saturated heterocycles. The first kappa shape index (κ1) is 10.7. The number of hydrogen-bond donors (Lipinski definition) is 0. The van der Waals surface area contributed by atoms with Crippen molar-refractivity contribution in [3.8, 4) is 6.07 Å². The van der Waals surface area contributed by atoms with Crippen molar-refractivity contribution in [2.24, 2.45) is 0 Å². The second-order valence-electron chi connectivity index (χ2n) is 2.94. The Morgan fingerprint density at radius 1 is 1.79 bits per heavy atom. The fraction of sp³-hybridized carbons (Fsp3) is 0.444. The Balaban J connectivity index is 2.53. The topological polar surface area (TPSA) is 57.0 Å². The van der Waals surface area contributed by atoms with Crippen LogP contribution < -0.4 is 0 Å². The Kier molecular flexibility index (Phi) is 3.60. The number of rotatable bonds is 3. The number of nitriles is 1. The van der Waals surface area contributed by atoms with Gasteiger partial charge >= 0.3 is 0 Å². The van der Waals surface area contributed by atoms with E-state index in [1.807, 2.05) is 18.4 Å². The molecule has 0 fully saturated rings. The van der Waals surface area contributed by atoms with Gasteiger partial charge < -0.3 is 4.90 Å². The van der Waals surface area contributed by atoms with Gasteiger partial charge in [0, 0.05) is 12.4 Å². The zero-order chi connectivity index (χ0) is 10.6. The van der Waals surface area contributed by atoms with E-state index in [1.165, 1.54) is 4.90 Å². The fourth-order valence-corrected chi connectivity index (χ4v) is 1.62. The lowest BCUT2D eigenvalue weighted by Gasteiger charge is -2.13. The predicted molar refractivity (Wildman–Crippen MR) is 53.6 cm³/mol. The van der Waals surface area contributed by atoms with Crippen molar-refractivity contribution < 1.29 is 4.79 Å². The summed E-state index contributed by atoms with van der Waals surface area (Å²) in [6.45, 7) is 2.40. The molecule has 14 heavy (non-hydrogen) atoms. The Labute approximate surface area is 86.8 Å². The van der Waals surface area contributed by atoms with Crippen LogP contribution in [0, 0.1) is 18.3 Å². The minimum Gasteiger partial charge on any atom is -0.339 e. The van der Waals surface area contributed by atoms with Crippen LogP contribution >= 0.6 is 11.3 Å². The average molecular weight is 209 g/mol. The van der Waals surface area contributed by atoms with Crippen molar-refractivity contribution in [3.63, 3.8) is 0 Å². The summed E-state index contributed by atoms with van der Waals surface area (Å²) in [6, 6.07) is 1.83. The third-order valence-corrected chi connectivity index (χ3v) is 2.54. The smallest absolute Gasteiger partial charge is 0.236 e. The van der Waals surface area contributed by atoms with Crippen LogP contribution in [0.4, 0.5) is 0 Å². The van der Waals surface area contributed by atoms with Gasteiger partial charge in [-0.3, -0.25) is 4.79 Å². The average Bonchev–Trinajstić information content (AvgIpc) is 2.51. The molecular formula is C9H11N3OS. The van der Waals surface area contributed by atoms with Gasteiger partial charge in [0.2, 0.25) is 5.91 Å². The number of amides is 1. The predicted octanol–water partition coefficient (Wildman–Crippen LogP) is 1.32. The van der Waals surface area contributed by atoms with Crippen LogP contribution in [0.5, 0.6) is 0 Å². The number of carbonyl (C=O) groups is 1. The molecule has 1 rings (SSSR count). The lowest BCUT2D eigenvalue weighted by atomic mass is 10.3. The SMILES string of the molecule is Cc1nc(CN(C)C(=O)CC#N)cs1. The highest BCUT2D eigenvalue weighted by Crippen LogP contribution is 2.09. The van der Waals surface area contributed by atoms with E-state index in [2.05, 4.69) is 4.98 Å². The molecule has 0 aromatic carbocycles. The van der Waals surface area contributed by atoms with Crippen molar-refractivity contribution in [3.05, 3.63) is 16.1 Å². The maximum atomic E-state index is 11.2. The monoisotopic (exact) mass is 209 g/mol. The lowest BCUT2D eigenvalue weighted by Crippen LogP contribution is -2.25. The molecule has 4 nitrogen and oxygen atoms in total. The summed E-state index contributed by atoms with van der Waals surface area (Å²) in [5.74, 6) is -0.168. The van der Waals surface area contributed by atoms with Gasteiger partial charge in [-0.2, -0.15) is 5.26 Å². The number of hydrogen-bond acceptors (Lipinski definition) is 4. The summed E-state index contributed by atoms with van der Waals surface area (Å²) in [7, 11) is 1.67. The maximum absolute atomic E-state index is 11.2. The van der Waals surface area contributed by atoms with Gasteiger partial charge in [-0.05, 0) is 6.92 Å². The summed E-state index contributed by atoms with van der Waals surface area (Å²) in [5.41, 5.74) is 0.876. The van der Waals surface area contributed by atoms with E-state index in [1.54, 1.807) is 18.4 Å². The standard InChI is InChI=1S/C9H11N3OS/c1-7-11-8(6-14-7)5-12(2)9(13)3-4-10/h6H,3,5H2,1-2H3. The Morgan fingerprint density at radius 3 is 3.00 bits per heavy atom. The van der Waals surface area contributed by atoms with Crippen LogP contribution in [0.25, 0.3) is 0 Å². The lowest BCUT2D eigenvalue weighted by molar-refractivity contribution is -0.129. The minimum atomic E-state index is -0.168. The number of carbonyl (C=O) groups excluding carboxylic acids is 1. The quantitative estimate of drug-likeness (QED) is 0.754. The summed E-state index contributed by atoms with van der Waals surface area (Å²) in [4.78, 5) is 17.0. The molecule has 0 bridgehead atoms. The minimum absolute atomic E-state index is 0.0698.